The van der Waals surface area contributed by atoms with Crippen molar-refractivity contribution in [3.05, 3.63) is 75.7 Å². The molecule has 100 valence electrons. The highest BCUT2D eigenvalue weighted by Crippen LogP contribution is 2.26. The van der Waals surface area contributed by atoms with E-state index < -0.39 is 0 Å². The molecular weight excluding hydrogens is 334 g/mol. The van der Waals surface area contributed by atoms with Crippen LogP contribution < -0.4 is 5.32 Å². The first kappa shape index (κ1) is 13.5. The van der Waals surface area contributed by atoms with E-state index in [1.165, 1.54) is 10.8 Å². The van der Waals surface area contributed by atoms with Gasteiger partial charge in [0.05, 0.1) is 0 Å². The van der Waals surface area contributed by atoms with E-state index >= 15 is 0 Å². The molecule has 0 aliphatic rings. The molecule has 0 amide bonds. The first-order chi connectivity index (χ1) is 9.74. The third kappa shape index (κ3) is 2.82. The van der Waals surface area contributed by atoms with Gasteiger partial charge in [-0.1, -0.05) is 63.9 Å². The van der Waals surface area contributed by atoms with Gasteiger partial charge < -0.3 is 5.32 Å². The Hall–Kier alpha value is -1.51. The average molecular weight is 347 g/mol. The van der Waals surface area contributed by atoms with Gasteiger partial charge >= 0.3 is 0 Å². The topological polar surface area (TPSA) is 12.0 Å². The zero-order valence-corrected chi connectivity index (χ0v) is 13.1. The summed E-state index contributed by atoms with van der Waals surface area (Å²) in [4.78, 5) is 0. The van der Waals surface area contributed by atoms with Gasteiger partial charge in [-0.15, -0.1) is 0 Å². The summed E-state index contributed by atoms with van der Waals surface area (Å²) >= 11 is 9.60. The Balaban J connectivity index is 1.89. The summed E-state index contributed by atoms with van der Waals surface area (Å²) in [5.41, 5.74) is 2.28. The third-order valence-corrected chi connectivity index (χ3v) is 4.28. The van der Waals surface area contributed by atoms with Crippen molar-refractivity contribution in [3.63, 3.8) is 0 Å². The van der Waals surface area contributed by atoms with Crippen molar-refractivity contribution in [3.8, 4) is 0 Å². The molecule has 1 N–H and O–H groups in total. The van der Waals surface area contributed by atoms with E-state index in [1.807, 2.05) is 18.2 Å². The number of anilines is 1. The molecule has 0 radical (unpaired) electrons. The Kier molecular flexibility index (Phi) is 3.95. The standard InChI is InChI=1S/C17H13BrClN/c18-16-9-8-14(19)10-13(16)11-20-17-7-3-5-12-4-1-2-6-15(12)17/h1-10,20H,11H2. The van der Waals surface area contributed by atoms with Crippen molar-refractivity contribution in [2.75, 3.05) is 5.32 Å². The Morgan fingerprint density at radius 3 is 2.65 bits per heavy atom. The van der Waals surface area contributed by atoms with E-state index in [9.17, 15) is 0 Å². The predicted molar refractivity (Wildman–Crippen MR) is 90.4 cm³/mol. The van der Waals surface area contributed by atoms with E-state index in [-0.39, 0.29) is 0 Å². The molecule has 0 aromatic heterocycles. The number of halogens is 2. The van der Waals surface area contributed by atoms with Crippen LogP contribution in [0.2, 0.25) is 5.02 Å². The summed E-state index contributed by atoms with van der Waals surface area (Å²) in [7, 11) is 0. The van der Waals surface area contributed by atoms with Crippen molar-refractivity contribution in [2.24, 2.45) is 0 Å². The SMILES string of the molecule is Clc1ccc(Br)c(CNc2cccc3ccccc23)c1. The van der Waals surface area contributed by atoms with Crippen LogP contribution in [0.1, 0.15) is 5.56 Å². The maximum atomic E-state index is 6.05. The third-order valence-electron chi connectivity index (χ3n) is 3.27. The van der Waals surface area contributed by atoms with E-state index in [0.29, 0.717) is 0 Å². The summed E-state index contributed by atoms with van der Waals surface area (Å²) in [6.07, 6.45) is 0. The molecule has 0 heterocycles. The normalized spacial score (nSPS) is 10.7. The molecule has 0 aliphatic heterocycles. The second-order valence-corrected chi connectivity index (χ2v) is 5.91. The van der Waals surface area contributed by atoms with Crippen LogP contribution >= 0.6 is 27.5 Å². The van der Waals surface area contributed by atoms with Crippen LogP contribution in [-0.2, 0) is 6.54 Å². The van der Waals surface area contributed by atoms with E-state index in [0.717, 1.165) is 27.3 Å². The Bertz CT molecular complexity index is 750. The largest absolute Gasteiger partial charge is 0.380 e. The molecule has 3 aromatic carbocycles. The van der Waals surface area contributed by atoms with Crippen LogP contribution in [0.25, 0.3) is 10.8 Å². The van der Waals surface area contributed by atoms with Gasteiger partial charge in [-0.05, 0) is 35.2 Å². The lowest BCUT2D eigenvalue weighted by Crippen LogP contribution is -2.00. The van der Waals surface area contributed by atoms with Crippen LogP contribution in [0.15, 0.2) is 65.1 Å². The van der Waals surface area contributed by atoms with Gasteiger partial charge in [0.15, 0.2) is 0 Å². The smallest absolute Gasteiger partial charge is 0.0422 e. The highest BCUT2D eigenvalue weighted by molar-refractivity contribution is 9.10. The fraction of sp³-hybridized carbons (Fsp3) is 0.0588. The minimum atomic E-state index is 0.731. The molecule has 20 heavy (non-hydrogen) atoms. The monoisotopic (exact) mass is 345 g/mol. The van der Waals surface area contributed by atoms with E-state index in [1.54, 1.807) is 0 Å². The highest BCUT2D eigenvalue weighted by Gasteiger charge is 2.03. The average Bonchev–Trinajstić information content (AvgIpc) is 2.48. The molecular formula is C17H13BrClN. The minimum Gasteiger partial charge on any atom is -0.380 e. The molecule has 0 saturated carbocycles. The van der Waals surface area contributed by atoms with Gasteiger partial charge in [-0.25, -0.2) is 0 Å². The zero-order chi connectivity index (χ0) is 13.9. The summed E-state index contributed by atoms with van der Waals surface area (Å²) in [6, 6.07) is 20.5. The Morgan fingerprint density at radius 1 is 0.950 bits per heavy atom. The molecule has 3 rings (SSSR count). The molecule has 0 fully saturated rings. The van der Waals surface area contributed by atoms with Crippen LogP contribution in [0.4, 0.5) is 5.69 Å². The van der Waals surface area contributed by atoms with Crippen molar-refractivity contribution in [2.45, 2.75) is 6.54 Å². The second kappa shape index (κ2) is 5.86. The quantitative estimate of drug-likeness (QED) is 0.625. The first-order valence-corrected chi connectivity index (χ1v) is 7.57. The number of fused-ring (bicyclic) bond motifs is 1. The second-order valence-electron chi connectivity index (χ2n) is 4.62. The number of hydrogen-bond donors (Lipinski definition) is 1. The summed E-state index contributed by atoms with van der Waals surface area (Å²) in [6.45, 7) is 0.731. The summed E-state index contributed by atoms with van der Waals surface area (Å²) < 4.78 is 1.06. The van der Waals surface area contributed by atoms with Crippen molar-refractivity contribution in [1.29, 1.82) is 0 Å². The minimum absolute atomic E-state index is 0.731. The van der Waals surface area contributed by atoms with Gasteiger partial charge in [-0.3, -0.25) is 0 Å². The number of nitrogens with one attached hydrogen (secondary N) is 1. The summed E-state index contributed by atoms with van der Waals surface area (Å²) in [5.74, 6) is 0. The summed E-state index contributed by atoms with van der Waals surface area (Å²) in [5, 5.41) is 6.70. The van der Waals surface area contributed by atoms with Crippen LogP contribution in [0.5, 0.6) is 0 Å². The van der Waals surface area contributed by atoms with Crippen molar-refractivity contribution < 1.29 is 0 Å². The number of hydrogen-bond acceptors (Lipinski definition) is 1. The maximum Gasteiger partial charge on any atom is 0.0422 e. The van der Waals surface area contributed by atoms with Crippen LogP contribution in [0, 0.1) is 0 Å². The van der Waals surface area contributed by atoms with Gasteiger partial charge in [0.1, 0.15) is 0 Å². The highest BCUT2D eigenvalue weighted by atomic mass is 79.9. The fourth-order valence-electron chi connectivity index (χ4n) is 2.25. The predicted octanol–water partition coefficient (Wildman–Crippen LogP) is 5.87. The molecule has 3 heteroatoms. The molecule has 0 aliphatic carbocycles. The lowest BCUT2D eigenvalue weighted by Gasteiger charge is -2.11. The molecule has 0 spiro atoms. The molecule has 0 saturated heterocycles. The van der Waals surface area contributed by atoms with Gasteiger partial charge in [0.2, 0.25) is 0 Å². The molecule has 0 unspecified atom stereocenters. The Morgan fingerprint density at radius 2 is 1.75 bits per heavy atom. The van der Waals surface area contributed by atoms with Crippen LogP contribution in [0.3, 0.4) is 0 Å². The number of rotatable bonds is 3. The molecule has 1 nitrogen and oxygen atoms in total. The molecule has 0 atom stereocenters. The first-order valence-electron chi connectivity index (χ1n) is 6.39. The molecule has 3 aromatic rings. The Labute approximate surface area is 131 Å². The van der Waals surface area contributed by atoms with Gasteiger partial charge in [0.25, 0.3) is 0 Å². The van der Waals surface area contributed by atoms with Gasteiger partial charge in [-0.2, -0.15) is 0 Å². The lowest BCUT2D eigenvalue weighted by atomic mass is 10.1. The van der Waals surface area contributed by atoms with Gasteiger partial charge in [0, 0.05) is 27.1 Å². The molecule has 0 bridgehead atoms. The zero-order valence-electron chi connectivity index (χ0n) is 10.7. The maximum absolute atomic E-state index is 6.05. The fourth-order valence-corrected chi connectivity index (χ4v) is 2.83. The lowest BCUT2D eigenvalue weighted by molar-refractivity contribution is 1.14. The van der Waals surface area contributed by atoms with Crippen LogP contribution in [-0.4, -0.2) is 0 Å². The van der Waals surface area contributed by atoms with E-state index in [2.05, 4.69) is 63.7 Å². The van der Waals surface area contributed by atoms with E-state index in [4.69, 9.17) is 11.6 Å². The van der Waals surface area contributed by atoms with Crippen molar-refractivity contribution >= 4 is 44.0 Å². The van der Waals surface area contributed by atoms with Crippen molar-refractivity contribution in [1.82, 2.24) is 0 Å². The number of benzene rings is 3.